The first kappa shape index (κ1) is 15.5. The summed E-state index contributed by atoms with van der Waals surface area (Å²) in [4.78, 5) is 10.7. The third-order valence-electron chi connectivity index (χ3n) is 2.76. The molecule has 2 aromatic carbocycles. The summed E-state index contributed by atoms with van der Waals surface area (Å²) in [6, 6.07) is 14.2. The summed E-state index contributed by atoms with van der Waals surface area (Å²) in [5.41, 5.74) is 1.34. The highest BCUT2D eigenvalue weighted by Gasteiger charge is 2.02. The predicted octanol–water partition coefficient (Wildman–Crippen LogP) is 3.74. The Labute approximate surface area is 131 Å². The van der Waals surface area contributed by atoms with Crippen molar-refractivity contribution in [1.29, 1.82) is 0 Å². The van der Waals surface area contributed by atoms with Crippen LogP contribution in [0.15, 0.2) is 53.0 Å². The van der Waals surface area contributed by atoms with Crippen LogP contribution in [0.4, 0.5) is 0 Å². The largest absolute Gasteiger partial charge is 0.491 e. The molecule has 0 amide bonds. The summed E-state index contributed by atoms with van der Waals surface area (Å²) in [5.74, 6) is -0.315. The summed E-state index contributed by atoms with van der Waals surface area (Å²) >= 11 is 3.41. The van der Waals surface area contributed by atoms with E-state index in [1.165, 1.54) is 12.1 Å². The fourth-order valence-corrected chi connectivity index (χ4v) is 2.18. The molecule has 0 aliphatic rings. The van der Waals surface area contributed by atoms with Crippen molar-refractivity contribution >= 4 is 21.9 Å². The van der Waals surface area contributed by atoms with Gasteiger partial charge in [0.2, 0.25) is 0 Å². The molecule has 0 saturated heterocycles. The summed E-state index contributed by atoms with van der Waals surface area (Å²) in [7, 11) is 0. The van der Waals surface area contributed by atoms with Gasteiger partial charge in [0, 0.05) is 4.47 Å². The predicted molar refractivity (Wildman–Crippen MR) is 82.7 cm³/mol. The van der Waals surface area contributed by atoms with Crippen molar-refractivity contribution in [3.05, 3.63) is 64.1 Å². The average Bonchev–Trinajstić information content (AvgIpc) is 2.47. The number of aromatic carboxylic acids is 1. The molecule has 0 saturated carbocycles. The minimum absolute atomic E-state index is 0.244. The van der Waals surface area contributed by atoms with Crippen LogP contribution in [0.1, 0.15) is 15.9 Å². The molecule has 1 N–H and O–H groups in total. The number of hydrogen-bond donors (Lipinski definition) is 1. The molecule has 4 nitrogen and oxygen atoms in total. The number of hydrogen-bond acceptors (Lipinski definition) is 3. The third-order valence-corrected chi connectivity index (χ3v) is 3.25. The Morgan fingerprint density at radius 3 is 2.52 bits per heavy atom. The molecular weight excluding hydrogens is 336 g/mol. The van der Waals surface area contributed by atoms with E-state index in [1.54, 1.807) is 12.1 Å². The molecule has 21 heavy (non-hydrogen) atoms. The van der Waals surface area contributed by atoms with Crippen LogP contribution in [0, 0.1) is 0 Å². The van der Waals surface area contributed by atoms with Crippen molar-refractivity contribution in [2.24, 2.45) is 0 Å². The lowest BCUT2D eigenvalue weighted by molar-refractivity contribution is 0.0696. The maximum atomic E-state index is 10.7. The van der Waals surface area contributed by atoms with Crippen molar-refractivity contribution < 1.29 is 19.4 Å². The molecule has 0 bridgehead atoms. The lowest BCUT2D eigenvalue weighted by Crippen LogP contribution is -2.07. The Balaban J connectivity index is 1.69. The highest BCUT2D eigenvalue weighted by atomic mass is 79.9. The third kappa shape index (κ3) is 5.21. The van der Waals surface area contributed by atoms with Crippen molar-refractivity contribution in [3.63, 3.8) is 0 Å². The molecule has 2 rings (SSSR count). The minimum atomic E-state index is -0.945. The molecule has 110 valence electrons. The van der Waals surface area contributed by atoms with Crippen LogP contribution in [0.5, 0.6) is 5.75 Å². The molecule has 0 aliphatic carbocycles. The van der Waals surface area contributed by atoms with Gasteiger partial charge in [-0.05, 0) is 42.0 Å². The van der Waals surface area contributed by atoms with Crippen molar-refractivity contribution in [2.45, 2.75) is 6.61 Å². The maximum absolute atomic E-state index is 10.7. The van der Waals surface area contributed by atoms with Gasteiger partial charge in [-0.2, -0.15) is 0 Å². The van der Waals surface area contributed by atoms with Gasteiger partial charge in [0.25, 0.3) is 0 Å². The van der Waals surface area contributed by atoms with Crippen LogP contribution in [0.25, 0.3) is 0 Å². The van der Waals surface area contributed by atoms with E-state index < -0.39 is 5.97 Å². The zero-order valence-electron chi connectivity index (χ0n) is 11.3. The summed E-state index contributed by atoms with van der Waals surface area (Å²) in [6.07, 6.45) is 0. The monoisotopic (exact) mass is 350 g/mol. The number of carbonyl (C=O) groups is 1. The van der Waals surface area contributed by atoms with Gasteiger partial charge in [-0.1, -0.05) is 28.1 Å². The van der Waals surface area contributed by atoms with Gasteiger partial charge < -0.3 is 14.6 Å². The van der Waals surface area contributed by atoms with Crippen LogP contribution < -0.4 is 4.74 Å². The number of halogens is 1. The molecular formula is C16H15BrO4. The van der Waals surface area contributed by atoms with Gasteiger partial charge in [0.15, 0.2) is 0 Å². The molecule has 2 aromatic rings. The van der Waals surface area contributed by atoms with Crippen LogP contribution >= 0.6 is 15.9 Å². The first-order chi connectivity index (χ1) is 10.1. The Hall–Kier alpha value is -1.85. The second-order valence-corrected chi connectivity index (χ2v) is 5.28. The van der Waals surface area contributed by atoms with Crippen LogP contribution in [-0.4, -0.2) is 24.3 Å². The Morgan fingerprint density at radius 2 is 1.86 bits per heavy atom. The fraction of sp³-hybridized carbons (Fsp3) is 0.188. The van der Waals surface area contributed by atoms with E-state index in [0.717, 1.165) is 10.0 Å². The number of carboxylic acids is 1. The van der Waals surface area contributed by atoms with E-state index >= 15 is 0 Å². The van der Waals surface area contributed by atoms with Crippen molar-refractivity contribution in [1.82, 2.24) is 0 Å². The van der Waals surface area contributed by atoms with Gasteiger partial charge in [0.1, 0.15) is 12.4 Å². The first-order valence-electron chi connectivity index (χ1n) is 6.43. The highest BCUT2D eigenvalue weighted by Crippen LogP contribution is 2.13. The number of ether oxygens (including phenoxy) is 2. The molecule has 0 aliphatic heterocycles. The minimum Gasteiger partial charge on any atom is -0.491 e. The standard InChI is InChI=1S/C16H15BrO4/c17-14-3-1-2-12(10-14)11-20-8-9-21-15-6-4-13(5-7-15)16(18)19/h1-7,10H,8-9,11H2,(H,18,19). The number of benzene rings is 2. The summed E-state index contributed by atoms with van der Waals surface area (Å²) in [5, 5.41) is 8.79. The lowest BCUT2D eigenvalue weighted by Gasteiger charge is -2.07. The maximum Gasteiger partial charge on any atom is 0.335 e. The van der Waals surface area contributed by atoms with Gasteiger partial charge in [-0.15, -0.1) is 0 Å². The van der Waals surface area contributed by atoms with E-state index in [9.17, 15) is 4.79 Å². The molecule has 0 radical (unpaired) electrons. The first-order valence-corrected chi connectivity index (χ1v) is 7.23. The fourth-order valence-electron chi connectivity index (χ4n) is 1.73. The van der Waals surface area contributed by atoms with Crippen molar-refractivity contribution in [2.75, 3.05) is 13.2 Å². The SMILES string of the molecule is O=C(O)c1ccc(OCCOCc2cccc(Br)c2)cc1. The second-order valence-electron chi connectivity index (χ2n) is 4.36. The molecule has 0 aromatic heterocycles. The Bertz CT molecular complexity index is 595. The number of carboxylic acid groups (broad SMARTS) is 1. The second kappa shape index (κ2) is 7.81. The normalized spacial score (nSPS) is 10.3. The smallest absolute Gasteiger partial charge is 0.335 e. The van der Waals surface area contributed by atoms with Crippen LogP contribution in [0.2, 0.25) is 0 Å². The zero-order chi connectivity index (χ0) is 15.1. The highest BCUT2D eigenvalue weighted by molar-refractivity contribution is 9.10. The topological polar surface area (TPSA) is 55.8 Å². The van der Waals surface area contributed by atoms with Gasteiger partial charge in [0.05, 0.1) is 18.8 Å². The molecule has 0 heterocycles. The molecule has 5 heteroatoms. The zero-order valence-corrected chi connectivity index (χ0v) is 12.9. The van der Waals surface area contributed by atoms with E-state index in [4.69, 9.17) is 14.6 Å². The van der Waals surface area contributed by atoms with E-state index in [-0.39, 0.29) is 5.56 Å². The van der Waals surface area contributed by atoms with E-state index in [1.807, 2.05) is 24.3 Å². The van der Waals surface area contributed by atoms with Crippen LogP contribution in [-0.2, 0) is 11.3 Å². The van der Waals surface area contributed by atoms with Gasteiger partial charge >= 0.3 is 5.97 Å². The molecule has 0 unspecified atom stereocenters. The van der Waals surface area contributed by atoms with Gasteiger partial charge in [-0.25, -0.2) is 4.79 Å². The lowest BCUT2D eigenvalue weighted by atomic mass is 10.2. The molecule has 0 atom stereocenters. The van der Waals surface area contributed by atoms with E-state index in [2.05, 4.69) is 15.9 Å². The quantitative estimate of drug-likeness (QED) is 0.772. The average molecular weight is 351 g/mol. The van der Waals surface area contributed by atoms with Crippen molar-refractivity contribution in [3.8, 4) is 5.75 Å². The van der Waals surface area contributed by atoms with Crippen LogP contribution in [0.3, 0.4) is 0 Å². The molecule has 0 spiro atoms. The summed E-state index contributed by atoms with van der Waals surface area (Å²) in [6.45, 7) is 1.41. The van der Waals surface area contributed by atoms with E-state index in [0.29, 0.717) is 25.6 Å². The number of rotatable bonds is 7. The Kier molecular flexibility index (Phi) is 5.78. The Morgan fingerprint density at radius 1 is 1.10 bits per heavy atom. The molecule has 0 fully saturated rings. The van der Waals surface area contributed by atoms with Gasteiger partial charge in [-0.3, -0.25) is 0 Å². The summed E-state index contributed by atoms with van der Waals surface area (Å²) < 4.78 is 12.0.